The minimum atomic E-state index is -1.03. The fraction of sp³-hybridized carbons (Fsp3) is 0.333. The smallest absolute Gasteiger partial charge is 0.326 e. The van der Waals surface area contributed by atoms with E-state index in [0.29, 0.717) is 13.0 Å². The Morgan fingerprint density at radius 1 is 1.04 bits per heavy atom. The second-order valence-electron chi connectivity index (χ2n) is 6.14. The molecule has 0 aliphatic carbocycles. The Morgan fingerprint density at radius 3 is 2.35 bits per heavy atom. The molecule has 0 aromatic heterocycles. The maximum Gasteiger partial charge on any atom is 0.326 e. The maximum absolute atomic E-state index is 12.1. The number of aliphatic carboxylic acids is 1. The summed E-state index contributed by atoms with van der Waals surface area (Å²) in [6.45, 7) is 2.73. The van der Waals surface area contributed by atoms with Crippen LogP contribution in [0.3, 0.4) is 0 Å². The Bertz CT molecular complexity index is 698. The summed E-state index contributed by atoms with van der Waals surface area (Å²) in [5.41, 5.74) is 1.89. The van der Waals surface area contributed by atoms with E-state index in [1.54, 1.807) is 0 Å². The lowest BCUT2D eigenvalue weighted by atomic mass is 10.1. The van der Waals surface area contributed by atoms with Gasteiger partial charge in [0.15, 0.2) is 0 Å². The molecule has 138 valence electrons. The predicted molar refractivity (Wildman–Crippen MR) is 100 cm³/mol. The van der Waals surface area contributed by atoms with Crippen LogP contribution in [0.15, 0.2) is 54.6 Å². The van der Waals surface area contributed by atoms with Crippen LogP contribution in [0.25, 0.3) is 0 Å². The van der Waals surface area contributed by atoms with Gasteiger partial charge in [0.05, 0.1) is 6.61 Å². The number of ether oxygens (including phenoxy) is 1. The summed E-state index contributed by atoms with van der Waals surface area (Å²) in [5.74, 6) is -0.479. The van der Waals surface area contributed by atoms with Gasteiger partial charge >= 0.3 is 5.97 Å². The van der Waals surface area contributed by atoms with E-state index in [-0.39, 0.29) is 18.7 Å². The highest BCUT2D eigenvalue weighted by molar-refractivity contribution is 5.83. The summed E-state index contributed by atoms with van der Waals surface area (Å²) < 4.78 is 5.53. The molecule has 0 saturated heterocycles. The van der Waals surface area contributed by atoms with Gasteiger partial charge in [-0.1, -0.05) is 49.4 Å². The molecule has 0 saturated carbocycles. The summed E-state index contributed by atoms with van der Waals surface area (Å²) >= 11 is 0. The van der Waals surface area contributed by atoms with Gasteiger partial charge in [-0.05, 0) is 36.1 Å². The molecule has 1 atom stereocenters. The van der Waals surface area contributed by atoms with Crippen LogP contribution in [0.1, 0.15) is 30.9 Å². The van der Waals surface area contributed by atoms with Gasteiger partial charge in [0.2, 0.25) is 5.91 Å². The zero-order valence-corrected chi connectivity index (χ0v) is 15.0. The van der Waals surface area contributed by atoms with E-state index in [2.05, 4.69) is 12.2 Å². The molecule has 0 fully saturated rings. The first kappa shape index (κ1) is 19.5. The van der Waals surface area contributed by atoms with Gasteiger partial charge < -0.3 is 15.2 Å². The lowest BCUT2D eigenvalue weighted by Gasteiger charge is -2.14. The second-order valence-corrected chi connectivity index (χ2v) is 6.14. The van der Waals surface area contributed by atoms with Gasteiger partial charge in [-0.2, -0.15) is 0 Å². The number of rotatable bonds is 10. The van der Waals surface area contributed by atoms with Crippen molar-refractivity contribution in [3.63, 3.8) is 0 Å². The van der Waals surface area contributed by atoms with E-state index in [1.165, 1.54) is 0 Å². The second kappa shape index (κ2) is 10.2. The Labute approximate surface area is 154 Å². The van der Waals surface area contributed by atoms with E-state index >= 15 is 0 Å². The van der Waals surface area contributed by atoms with E-state index < -0.39 is 12.0 Å². The number of aryl methyl sites for hydroxylation is 1. The molecule has 0 unspecified atom stereocenters. The molecule has 0 radical (unpaired) electrons. The summed E-state index contributed by atoms with van der Waals surface area (Å²) in [5, 5.41) is 12.0. The zero-order valence-electron chi connectivity index (χ0n) is 15.0. The van der Waals surface area contributed by atoms with Crippen molar-refractivity contribution in [2.24, 2.45) is 0 Å². The van der Waals surface area contributed by atoms with Gasteiger partial charge in [-0.3, -0.25) is 4.79 Å². The minimum Gasteiger partial charge on any atom is -0.494 e. The van der Waals surface area contributed by atoms with Crippen LogP contribution in [0.5, 0.6) is 5.75 Å². The Hall–Kier alpha value is -2.82. The SMILES string of the molecule is CCCOc1ccc(CCC(=O)N[C@@H](Cc2ccccc2)C(=O)O)cc1. The van der Waals surface area contributed by atoms with Gasteiger partial charge in [-0.25, -0.2) is 4.79 Å². The fourth-order valence-corrected chi connectivity index (χ4v) is 2.55. The molecular formula is C21H25NO4. The van der Waals surface area contributed by atoms with Crippen LogP contribution in [0.4, 0.5) is 0 Å². The number of carboxylic acids is 1. The first-order valence-corrected chi connectivity index (χ1v) is 8.86. The fourth-order valence-electron chi connectivity index (χ4n) is 2.55. The molecule has 2 aromatic rings. The summed E-state index contributed by atoms with van der Waals surface area (Å²) in [6, 6.07) is 16.0. The van der Waals surface area contributed by atoms with Crippen LogP contribution >= 0.6 is 0 Å². The average Bonchev–Trinajstić information content (AvgIpc) is 2.65. The lowest BCUT2D eigenvalue weighted by Crippen LogP contribution is -2.42. The molecule has 0 heterocycles. The molecule has 0 aliphatic rings. The van der Waals surface area contributed by atoms with Crippen molar-refractivity contribution < 1.29 is 19.4 Å². The van der Waals surface area contributed by atoms with Crippen LogP contribution in [-0.2, 0) is 22.4 Å². The monoisotopic (exact) mass is 355 g/mol. The molecule has 0 bridgehead atoms. The maximum atomic E-state index is 12.1. The van der Waals surface area contributed by atoms with Gasteiger partial charge in [0.25, 0.3) is 0 Å². The van der Waals surface area contributed by atoms with Crippen molar-refractivity contribution in [2.75, 3.05) is 6.61 Å². The highest BCUT2D eigenvalue weighted by atomic mass is 16.5. The largest absolute Gasteiger partial charge is 0.494 e. The van der Waals surface area contributed by atoms with Crippen molar-refractivity contribution in [1.82, 2.24) is 5.32 Å². The topological polar surface area (TPSA) is 75.6 Å². The number of benzene rings is 2. The Balaban J connectivity index is 1.83. The van der Waals surface area contributed by atoms with E-state index in [0.717, 1.165) is 23.3 Å². The summed E-state index contributed by atoms with van der Waals surface area (Å²) in [7, 11) is 0. The molecule has 1 amide bonds. The quantitative estimate of drug-likeness (QED) is 0.686. The standard InChI is InChI=1S/C21H25NO4/c1-2-14-26-18-11-8-16(9-12-18)10-13-20(23)22-19(21(24)25)15-17-6-4-3-5-7-17/h3-9,11-12,19H,2,10,13-15H2,1H3,(H,22,23)(H,24,25)/t19-/m0/s1. The molecule has 2 aromatic carbocycles. The van der Waals surface area contributed by atoms with Crippen LogP contribution in [-0.4, -0.2) is 29.6 Å². The van der Waals surface area contributed by atoms with E-state index in [1.807, 2.05) is 54.6 Å². The van der Waals surface area contributed by atoms with Crippen molar-refractivity contribution in [3.8, 4) is 5.75 Å². The highest BCUT2D eigenvalue weighted by Gasteiger charge is 2.20. The van der Waals surface area contributed by atoms with Crippen molar-refractivity contribution in [3.05, 3.63) is 65.7 Å². The molecule has 26 heavy (non-hydrogen) atoms. The molecule has 5 nitrogen and oxygen atoms in total. The zero-order chi connectivity index (χ0) is 18.8. The Kier molecular flexibility index (Phi) is 7.68. The number of amides is 1. The molecule has 2 N–H and O–H groups in total. The summed E-state index contributed by atoms with van der Waals surface area (Å²) in [4.78, 5) is 23.5. The molecule has 0 spiro atoms. The lowest BCUT2D eigenvalue weighted by molar-refractivity contribution is -0.141. The number of carbonyl (C=O) groups excluding carboxylic acids is 1. The Morgan fingerprint density at radius 2 is 1.73 bits per heavy atom. The van der Waals surface area contributed by atoms with Gasteiger partial charge in [0.1, 0.15) is 11.8 Å². The van der Waals surface area contributed by atoms with Gasteiger partial charge in [0, 0.05) is 12.8 Å². The first-order valence-electron chi connectivity index (χ1n) is 8.86. The van der Waals surface area contributed by atoms with Crippen LogP contribution in [0, 0.1) is 0 Å². The molecule has 2 rings (SSSR count). The number of nitrogens with one attached hydrogen (secondary N) is 1. The minimum absolute atomic E-state index is 0.244. The third-order valence-electron chi connectivity index (χ3n) is 3.95. The highest BCUT2D eigenvalue weighted by Crippen LogP contribution is 2.14. The van der Waals surface area contributed by atoms with E-state index in [9.17, 15) is 14.7 Å². The number of carboxylic acid groups (broad SMARTS) is 1. The van der Waals surface area contributed by atoms with E-state index in [4.69, 9.17) is 4.74 Å². The van der Waals surface area contributed by atoms with Crippen molar-refractivity contribution in [1.29, 1.82) is 0 Å². The van der Waals surface area contributed by atoms with Crippen molar-refractivity contribution >= 4 is 11.9 Å². The average molecular weight is 355 g/mol. The first-order chi connectivity index (χ1) is 12.6. The van der Waals surface area contributed by atoms with Gasteiger partial charge in [-0.15, -0.1) is 0 Å². The third-order valence-corrected chi connectivity index (χ3v) is 3.95. The third kappa shape index (κ3) is 6.59. The molecular weight excluding hydrogens is 330 g/mol. The van der Waals surface area contributed by atoms with Crippen LogP contribution in [0.2, 0.25) is 0 Å². The molecule has 5 heteroatoms. The molecule has 0 aliphatic heterocycles. The number of carbonyl (C=O) groups is 2. The number of hydrogen-bond acceptors (Lipinski definition) is 3. The normalized spacial score (nSPS) is 11.6. The summed E-state index contributed by atoms with van der Waals surface area (Å²) in [6.07, 6.45) is 2.02. The van der Waals surface area contributed by atoms with Crippen molar-refractivity contribution in [2.45, 2.75) is 38.6 Å². The van der Waals surface area contributed by atoms with Crippen LogP contribution < -0.4 is 10.1 Å². The predicted octanol–water partition coefficient (Wildman–Crippen LogP) is 3.22. The number of hydrogen-bond donors (Lipinski definition) is 2.